The molecule has 0 atom stereocenters. The van der Waals surface area contributed by atoms with Gasteiger partial charge in [-0.2, -0.15) is 0 Å². The fourth-order valence-corrected chi connectivity index (χ4v) is 1.79. The molecule has 21 heavy (non-hydrogen) atoms. The van der Waals surface area contributed by atoms with E-state index < -0.39 is 11.9 Å². The molecule has 0 aromatic heterocycles. The number of rotatable bonds is 4. The number of para-hydroxylation sites is 1. The number of hydrogen-bond donors (Lipinski definition) is 3. The van der Waals surface area contributed by atoms with Crippen molar-refractivity contribution in [2.75, 3.05) is 12.4 Å². The van der Waals surface area contributed by atoms with Crippen LogP contribution in [0.15, 0.2) is 42.5 Å². The molecular weight excluding hydrogens is 274 g/mol. The molecule has 0 saturated heterocycles. The summed E-state index contributed by atoms with van der Waals surface area (Å²) in [5.74, 6) is -1.60. The highest BCUT2D eigenvalue weighted by atomic mass is 16.5. The van der Waals surface area contributed by atoms with Gasteiger partial charge < -0.3 is 20.3 Å². The molecule has 0 spiro atoms. The molecule has 0 radical (unpaired) electrons. The Kier molecular flexibility index (Phi) is 4.08. The second-order valence-corrected chi connectivity index (χ2v) is 4.19. The lowest BCUT2D eigenvalue weighted by Crippen LogP contribution is -2.15. The third-order valence-corrected chi connectivity index (χ3v) is 2.85. The van der Waals surface area contributed by atoms with E-state index >= 15 is 0 Å². The minimum absolute atomic E-state index is 0.0599. The zero-order valence-electron chi connectivity index (χ0n) is 11.2. The highest BCUT2D eigenvalue weighted by Gasteiger charge is 2.16. The number of aromatic hydroxyl groups is 1. The zero-order valence-corrected chi connectivity index (χ0v) is 11.2. The maximum absolute atomic E-state index is 12.1. The second kappa shape index (κ2) is 5.96. The predicted molar refractivity (Wildman–Crippen MR) is 76.0 cm³/mol. The van der Waals surface area contributed by atoms with Gasteiger partial charge in [0.25, 0.3) is 5.91 Å². The summed E-state index contributed by atoms with van der Waals surface area (Å²) >= 11 is 0. The molecule has 6 heteroatoms. The summed E-state index contributed by atoms with van der Waals surface area (Å²) in [6, 6.07) is 10.3. The standard InChI is InChI=1S/C15H13NO5/c1-21-9-6-7-12(11(8-9)15(19)20)16-14(18)10-4-2-3-5-13(10)17/h2-8,17H,1H3,(H,16,18)(H,19,20). The van der Waals surface area contributed by atoms with Crippen LogP contribution in [0.5, 0.6) is 11.5 Å². The molecule has 2 aromatic rings. The Morgan fingerprint density at radius 3 is 2.43 bits per heavy atom. The van der Waals surface area contributed by atoms with Crippen molar-refractivity contribution < 1.29 is 24.5 Å². The Labute approximate surface area is 120 Å². The number of anilines is 1. The number of methoxy groups -OCH3 is 1. The van der Waals surface area contributed by atoms with Crippen LogP contribution < -0.4 is 10.1 Å². The number of hydrogen-bond acceptors (Lipinski definition) is 4. The van der Waals surface area contributed by atoms with Crippen LogP contribution in [0.4, 0.5) is 5.69 Å². The molecule has 1 amide bonds. The van der Waals surface area contributed by atoms with E-state index in [0.717, 1.165) is 0 Å². The molecule has 0 fully saturated rings. The molecule has 0 unspecified atom stereocenters. The lowest BCUT2D eigenvalue weighted by Gasteiger charge is -2.10. The van der Waals surface area contributed by atoms with Crippen LogP contribution in [-0.4, -0.2) is 29.2 Å². The van der Waals surface area contributed by atoms with Gasteiger partial charge in [-0.1, -0.05) is 12.1 Å². The quantitative estimate of drug-likeness (QED) is 0.802. The van der Waals surface area contributed by atoms with E-state index in [9.17, 15) is 14.7 Å². The fraction of sp³-hybridized carbons (Fsp3) is 0.0667. The third kappa shape index (κ3) is 3.11. The first-order valence-corrected chi connectivity index (χ1v) is 6.03. The third-order valence-electron chi connectivity index (χ3n) is 2.85. The van der Waals surface area contributed by atoms with Gasteiger partial charge in [-0.15, -0.1) is 0 Å². The van der Waals surface area contributed by atoms with Gasteiger partial charge >= 0.3 is 5.97 Å². The first-order valence-electron chi connectivity index (χ1n) is 6.03. The topological polar surface area (TPSA) is 95.9 Å². The zero-order chi connectivity index (χ0) is 15.4. The van der Waals surface area contributed by atoms with E-state index in [-0.39, 0.29) is 22.6 Å². The molecular formula is C15H13NO5. The number of ether oxygens (including phenoxy) is 1. The van der Waals surface area contributed by atoms with Crippen molar-refractivity contribution in [2.24, 2.45) is 0 Å². The van der Waals surface area contributed by atoms with Gasteiger partial charge in [0.15, 0.2) is 0 Å². The van der Waals surface area contributed by atoms with Gasteiger partial charge in [-0.25, -0.2) is 4.79 Å². The van der Waals surface area contributed by atoms with Crippen molar-refractivity contribution in [3.05, 3.63) is 53.6 Å². The van der Waals surface area contributed by atoms with Gasteiger partial charge in [0.05, 0.1) is 23.9 Å². The molecule has 108 valence electrons. The van der Waals surface area contributed by atoms with Gasteiger partial charge in [0.2, 0.25) is 0 Å². The summed E-state index contributed by atoms with van der Waals surface area (Å²) in [6.07, 6.45) is 0. The van der Waals surface area contributed by atoms with E-state index in [2.05, 4.69) is 5.32 Å². The number of amides is 1. The molecule has 0 bridgehead atoms. The first kappa shape index (κ1) is 14.4. The lowest BCUT2D eigenvalue weighted by atomic mass is 10.1. The maximum Gasteiger partial charge on any atom is 0.337 e. The molecule has 2 aromatic carbocycles. The van der Waals surface area contributed by atoms with Gasteiger partial charge in [-0.3, -0.25) is 4.79 Å². The molecule has 0 aliphatic heterocycles. The minimum Gasteiger partial charge on any atom is -0.507 e. The minimum atomic E-state index is -1.19. The van der Waals surface area contributed by atoms with Gasteiger partial charge in [-0.05, 0) is 30.3 Å². The summed E-state index contributed by atoms with van der Waals surface area (Å²) in [5, 5.41) is 21.3. The average Bonchev–Trinajstić information content (AvgIpc) is 2.47. The monoisotopic (exact) mass is 287 g/mol. The summed E-state index contributed by atoms with van der Waals surface area (Å²) in [5.41, 5.74) is 0.0827. The Bertz CT molecular complexity index is 696. The van der Waals surface area contributed by atoms with Crippen LogP contribution in [-0.2, 0) is 0 Å². The number of phenols is 1. The highest BCUT2D eigenvalue weighted by molar-refractivity contribution is 6.09. The number of benzene rings is 2. The van der Waals surface area contributed by atoms with Crippen molar-refractivity contribution >= 4 is 17.6 Å². The maximum atomic E-state index is 12.1. The molecule has 0 heterocycles. The number of carbonyl (C=O) groups excluding carboxylic acids is 1. The smallest absolute Gasteiger partial charge is 0.337 e. The average molecular weight is 287 g/mol. The molecule has 6 nitrogen and oxygen atoms in total. The highest BCUT2D eigenvalue weighted by Crippen LogP contribution is 2.24. The van der Waals surface area contributed by atoms with Crippen LogP contribution in [0.2, 0.25) is 0 Å². The number of carbonyl (C=O) groups is 2. The number of carboxylic acids is 1. The summed E-state index contributed by atoms with van der Waals surface area (Å²) in [4.78, 5) is 23.3. The van der Waals surface area contributed by atoms with Crippen molar-refractivity contribution in [3.63, 3.8) is 0 Å². The van der Waals surface area contributed by atoms with E-state index in [0.29, 0.717) is 5.75 Å². The lowest BCUT2D eigenvalue weighted by molar-refractivity contribution is 0.0697. The summed E-state index contributed by atoms with van der Waals surface area (Å²) in [7, 11) is 1.42. The molecule has 0 aliphatic rings. The number of nitrogens with one attached hydrogen (secondary N) is 1. The summed E-state index contributed by atoms with van der Waals surface area (Å²) in [6.45, 7) is 0. The van der Waals surface area contributed by atoms with Crippen LogP contribution in [0.25, 0.3) is 0 Å². The number of carboxylic acid groups (broad SMARTS) is 1. The second-order valence-electron chi connectivity index (χ2n) is 4.19. The largest absolute Gasteiger partial charge is 0.507 e. The predicted octanol–water partition coefficient (Wildman–Crippen LogP) is 2.35. The van der Waals surface area contributed by atoms with Crippen LogP contribution in [0, 0.1) is 0 Å². The van der Waals surface area contributed by atoms with Crippen molar-refractivity contribution in [1.29, 1.82) is 0 Å². The van der Waals surface area contributed by atoms with Crippen LogP contribution in [0.1, 0.15) is 20.7 Å². The Morgan fingerprint density at radius 2 is 1.81 bits per heavy atom. The fourth-order valence-electron chi connectivity index (χ4n) is 1.79. The summed E-state index contributed by atoms with van der Waals surface area (Å²) < 4.78 is 4.95. The van der Waals surface area contributed by atoms with Crippen molar-refractivity contribution in [1.82, 2.24) is 0 Å². The van der Waals surface area contributed by atoms with Crippen molar-refractivity contribution in [3.8, 4) is 11.5 Å². The van der Waals surface area contributed by atoms with Crippen LogP contribution >= 0.6 is 0 Å². The molecule has 3 N–H and O–H groups in total. The molecule has 0 aliphatic carbocycles. The van der Waals surface area contributed by atoms with E-state index in [1.165, 1.54) is 37.4 Å². The Morgan fingerprint density at radius 1 is 1.10 bits per heavy atom. The molecule has 0 saturated carbocycles. The Hall–Kier alpha value is -3.02. The van der Waals surface area contributed by atoms with E-state index in [1.807, 2.05) is 0 Å². The van der Waals surface area contributed by atoms with Crippen molar-refractivity contribution in [2.45, 2.75) is 0 Å². The number of phenolic OH excluding ortho intramolecular Hbond substituents is 1. The Balaban J connectivity index is 2.33. The van der Waals surface area contributed by atoms with Gasteiger partial charge in [0, 0.05) is 0 Å². The first-order chi connectivity index (χ1) is 10.0. The SMILES string of the molecule is COc1ccc(NC(=O)c2ccccc2O)c(C(=O)O)c1. The normalized spacial score (nSPS) is 9.95. The van der Waals surface area contributed by atoms with Crippen LogP contribution in [0.3, 0.4) is 0 Å². The van der Waals surface area contributed by atoms with E-state index in [4.69, 9.17) is 9.84 Å². The van der Waals surface area contributed by atoms with Gasteiger partial charge in [0.1, 0.15) is 11.5 Å². The number of aromatic carboxylic acids is 1. The van der Waals surface area contributed by atoms with E-state index in [1.54, 1.807) is 12.1 Å². The molecule has 2 rings (SSSR count).